The van der Waals surface area contributed by atoms with Gasteiger partial charge in [-0.2, -0.15) is 0 Å². The number of fused-ring (bicyclic) bond motifs is 3. The minimum absolute atomic E-state index is 0.0886. The van der Waals surface area contributed by atoms with Crippen molar-refractivity contribution in [2.24, 2.45) is 0 Å². The molecule has 0 aromatic heterocycles. The van der Waals surface area contributed by atoms with Crippen molar-refractivity contribution in [3.05, 3.63) is 58.6 Å². The predicted octanol–water partition coefficient (Wildman–Crippen LogP) is 11.1. The Balaban J connectivity index is 1.67. The number of hydrogen-bond donors (Lipinski definition) is 0. The average molecular weight is 581 g/mol. The normalized spacial score (nSPS) is 12.6. The number of carbonyl (C=O) groups excluding carboxylic acids is 1. The second-order valence-corrected chi connectivity index (χ2v) is 12.0. The Morgan fingerprint density at radius 2 is 1.21 bits per heavy atom. The minimum atomic E-state index is -0.0886. The lowest BCUT2D eigenvalue weighted by atomic mass is 9.96. The maximum absolute atomic E-state index is 13.8. The van der Waals surface area contributed by atoms with E-state index < -0.39 is 0 Å². The van der Waals surface area contributed by atoms with E-state index in [1.165, 1.54) is 106 Å². The zero-order valence-electron chi connectivity index (χ0n) is 24.2. The summed E-state index contributed by atoms with van der Waals surface area (Å²) in [6.45, 7) is 8.74. The van der Waals surface area contributed by atoms with Gasteiger partial charge in [-0.05, 0) is 66.5 Å². The first kappa shape index (κ1) is 30.8. The van der Waals surface area contributed by atoms with Gasteiger partial charge >= 0.3 is 0 Å². The van der Waals surface area contributed by atoms with E-state index >= 15 is 0 Å². The van der Waals surface area contributed by atoms with Crippen LogP contribution in [-0.2, 0) is 0 Å². The third kappa shape index (κ3) is 9.19. The zero-order chi connectivity index (χ0) is 27.2. The number of Topliss-reactive ketones (excluding diaryl/α,β-unsaturated/α-hetero) is 1. The van der Waals surface area contributed by atoms with Gasteiger partial charge in [0.25, 0.3) is 0 Å². The first-order chi connectivity index (χ1) is 18.6. The first-order valence-corrected chi connectivity index (χ1v) is 16.2. The van der Waals surface area contributed by atoms with Gasteiger partial charge in [0.2, 0.25) is 0 Å². The number of hydrogen-bond acceptors (Lipinski definition) is 2. The smallest absolute Gasteiger partial charge is 0.179 e. The Kier molecular flexibility index (Phi) is 13.9. The summed E-state index contributed by atoms with van der Waals surface area (Å²) < 4.78 is 1.10. The number of halogens is 1. The van der Waals surface area contributed by atoms with Crippen LogP contribution < -0.4 is 0 Å². The molecule has 0 aliphatic heterocycles. The third-order valence-electron chi connectivity index (χ3n) is 8.12. The van der Waals surface area contributed by atoms with Crippen molar-refractivity contribution in [3.8, 4) is 0 Å². The molecule has 208 valence electrons. The van der Waals surface area contributed by atoms with Gasteiger partial charge in [0.1, 0.15) is 0 Å². The zero-order valence-corrected chi connectivity index (χ0v) is 25.8. The van der Waals surface area contributed by atoms with Crippen molar-refractivity contribution < 1.29 is 4.79 Å². The van der Waals surface area contributed by atoms with Crippen molar-refractivity contribution in [1.82, 2.24) is 4.90 Å². The van der Waals surface area contributed by atoms with E-state index in [0.29, 0.717) is 0 Å². The highest BCUT2D eigenvalue weighted by atomic mass is 79.9. The SMILES string of the molecule is CCCCCCCCCN(CCCCCCCCC)[C@H](C)C(=O)c1ccc2cc(Br)c3ccccc3c2c1. The Morgan fingerprint density at radius 1 is 0.684 bits per heavy atom. The minimum Gasteiger partial charge on any atom is -0.294 e. The second kappa shape index (κ2) is 17.1. The number of rotatable bonds is 19. The standard InChI is InChI=1S/C35H50BrNO/c1-4-6-8-10-12-14-18-24-37(25-19-15-13-11-9-7-5-2)28(3)35(38)30-23-22-29-27-34(36)32-21-17-16-20-31(32)33(29)26-30/h16-17,20-23,26-28H,4-15,18-19,24-25H2,1-3H3/t28-/m1/s1. The highest BCUT2D eigenvalue weighted by Gasteiger charge is 2.22. The summed E-state index contributed by atoms with van der Waals surface area (Å²) in [5.74, 6) is 0.254. The molecule has 0 aliphatic rings. The predicted molar refractivity (Wildman–Crippen MR) is 171 cm³/mol. The Hall–Kier alpha value is -1.71. The summed E-state index contributed by atoms with van der Waals surface area (Å²) in [5.41, 5.74) is 0.835. The van der Waals surface area contributed by atoms with Crippen LogP contribution >= 0.6 is 15.9 Å². The fraction of sp³-hybridized carbons (Fsp3) is 0.571. The second-order valence-electron chi connectivity index (χ2n) is 11.2. The molecule has 0 unspecified atom stereocenters. The molecule has 38 heavy (non-hydrogen) atoms. The summed E-state index contributed by atoms with van der Waals surface area (Å²) in [4.78, 5) is 16.3. The molecule has 3 aromatic rings. The van der Waals surface area contributed by atoms with Crippen molar-refractivity contribution in [2.75, 3.05) is 13.1 Å². The lowest BCUT2D eigenvalue weighted by Gasteiger charge is -2.28. The van der Waals surface area contributed by atoms with Crippen LogP contribution in [0.3, 0.4) is 0 Å². The van der Waals surface area contributed by atoms with Crippen molar-refractivity contribution >= 4 is 43.3 Å². The molecule has 3 aromatic carbocycles. The van der Waals surface area contributed by atoms with Crippen LogP contribution in [-0.4, -0.2) is 29.8 Å². The van der Waals surface area contributed by atoms with Gasteiger partial charge < -0.3 is 0 Å². The molecule has 0 saturated heterocycles. The molecule has 0 N–H and O–H groups in total. The summed E-state index contributed by atoms with van der Waals surface area (Å²) in [6, 6.07) is 16.8. The van der Waals surface area contributed by atoms with Crippen LogP contribution in [0.15, 0.2) is 53.0 Å². The average Bonchev–Trinajstić information content (AvgIpc) is 2.94. The monoisotopic (exact) mass is 579 g/mol. The van der Waals surface area contributed by atoms with Crippen LogP contribution in [0.2, 0.25) is 0 Å². The maximum Gasteiger partial charge on any atom is 0.179 e. The van der Waals surface area contributed by atoms with Gasteiger partial charge in [0.05, 0.1) is 6.04 Å². The fourth-order valence-corrected chi connectivity index (χ4v) is 6.25. The molecule has 0 aliphatic carbocycles. The molecule has 0 spiro atoms. The van der Waals surface area contributed by atoms with E-state index in [1.807, 2.05) is 6.07 Å². The first-order valence-electron chi connectivity index (χ1n) is 15.5. The largest absolute Gasteiger partial charge is 0.294 e. The molecule has 0 bridgehead atoms. The van der Waals surface area contributed by atoms with E-state index in [4.69, 9.17) is 0 Å². The molecular weight excluding hydrogens is 530 g/mol. The quantitative estimate of drug-likeness (QED) is 0.0799. The van der Waals surface area contributed by atoms with Gasteiger partial charge in [0, 0.05) is 10.0 Å². The van der Waals surface area contributed by atoms with Gasteiger partial charge in [-0.15, -0.1) is 0 Å². The lowest BCUT2D eigenvalue weighted by Crippen LogP contribution is -2.40. The van der Waals surface area contributed by atoms with Crippen LogP contribution in [0.25, 0.3) is 21.5 Å². The Bertz CT molecular complexity index is 1110. The van der Waals surface area contributed by atoms with Gasteiger partial charge in [0.15, 0.2) is 5.78 Å². The number of carbonyl (C=O) groups is 1. The van der Waals surface area contributed by atoms with E-state index in [2.05, 4.69) is 84.1 Å². The number of benzene rings is 3. The van der Waals surface area contributed by atoms with Crippen molar-refractivity contribution in [2.45, 2.75) is 117 Å². The summed E-state index contributed by atoms with van der Waals surface area (Å²) in [6.07, 6.45) is 18.3. The van der Waals surface area contributed by atoms with Gasteiger partial charge in [-0.25, -0.2) is 0 Å². The Morgan fingerprint density at radius 3 is 1.79 bits per heavy atom. The fourth-order valence-electron chi connectivity index (χ4n) is 5.66. The third-order valence-corrected chi connectivity index (χ3v) is 8.78. The van der Waals surface area contributed by atoms with E-state index in [-0.39, 0.29) is 11.8 Å². The number of nitrogens with zero attached hydrogens (tertiary/aromatic N) is 1. The molecule has 0 amide bonds. The van der Waals surface area contributed by atoms with Crippen molar-refractivity contribution in [1.29, 1.82) is 0 Å². The molecular formula is C35H50BrNO. The highest BCUT2D eigenvalue weighted by Crippen LogP contribution is 2.32. The maximum atomic E-state index is 13.8. The Labute approximate surface area is 240 Å². The van der Waals surface area contributed by atoms with Crippen LogP contribution in [0.5, 0.6) is 0 Å². The van der Waals surface area contributed by atoms with Crippen LogP contribution in [0, 0.1) is 0 Å². The molecule has 0 radical (unpaired) electrons. The van der Waals surface area contributed by atoms with E-state index in [9.17, 15) is 4.79 Å². The van der Waals surface area contributed by atoms with Crippen LogP contribution in [0.4, 0.5) is 0 Å². The molecule has 1 atom stereocenters. The van der Waals surface area contributed by atoms with E-state index in [0.717, 1.165) is 28.5 Å². The summed E-state index contributed by atoms with van der Waals surface area (Å²) in [7, 11) is 0. The van der Waals surface area contributed by atoms with Gasteiger partial charge in [-0.1, -0.05) is 143 Å². The molecule has 3 rings (SSSR count). The van der Waals surface area contributed by atoms with Crippen LogP contribution in [0.1, 0.15) is 121 Å². The topological polar surface area (TPSA) is 20.3 Å². The number of unbranched alkanes of at least 4 members (excludes halogenated alkanes) is 12. The summed E-state index contributed by atoms with van der Waals surface area (Å²) in [5, 5.41) is 4.72. The van der Waals surface area contributed by atoms with Gasteiger partial charge in [-0.3, -0.25) is 9.69 Å². The molecule has 0 fully saturated rings. The number of ketones is 1. The molecule has 0 heterocycles. The molecule has 2 nitrogen and oxygen atoms in total. The van der Waals surface area contributed by atoms with Crippen molar-refractivity contribution in [3.63, 3.8) is 0 Å². The molecule has 0 saturated carbocycles. The molecule has 3 heteroatoms. The highest BCUT2D eigenvalue weighted by molar-refractivity contribution is 9.10. The van der Waals surface area contributed by atoms with E-state index in [1.54, 1.807) is 0 Å². The lowest BCUT2D eigenvalue weighted by molar-refractivity contribution is 0.0832. The summed E-state index contributed by atoms with van der Waals surface area (Å²) >= 11 is 3.73.